The van der Waals surface area contributed by atoms with Gasteiger partial charge in [-0.1, -0.05) is 61.5 Å². The van der Waals surface area contributed by atoms with Crippen molar-refractivity contribution in [3.8, 4) is 11.1 Å². The van der Waals surface area contributed by atoms with Gasteiger partial charge in [-0.15, -0.1) is 0 Å². The predicted molar refractivity (Wildman–Crippen MR) is 129 cm³/mol. The smallest absolute Gasteiger partial charge is 0.254 e. The highest BCUT2D eigenvalue weighted by Gasteiger charge is 2.23. The average molecular weight is 484 g/mol. The zero-order chi connectivity index (χ0) is 25.2. The van der Waals surface area contributed by atoms with Crippen LogP contribution in [0.3, 0.4) is 0 Å². The van der Waals surface area contributed by atoms with Gasteiger partial charge in [0.25, 0.3) is 5.91 Å². The van der Waals surface area contributed by atoms with Crippen LogP contribution in [-0.4, -0.2) is 54.8 Å². The van der Waals surface area contributed by atoms with Crippen LogP contribution in [0.5, 0.6) is 0 Å². The normalized spacial score (nSPS) is 13.1. The maximum Gasteiger partial charge on any atom is 0.254 e. The average Bonchev–Trinajstić information content (AvgIpc) is 2.91. The van der Waals surface area contributed by atoms with E-state index in [4.69, 9.17) is 0 Å². The van der Waals surface area contributed by atoms with Crippen LogP contribution < -0.4 is 5.32 Å². The summed E-state index contributed by atoms with van der Waals surface area (Å²) in [5, 5.41) is 3.32. The van der Waals surface area contributed by atoms with Crippen molar-refractivity contribution in [2.45, 2.75) is 13.5 Å². The first-order valence-electron chi connectivity index (χ1n) is 11.4. The second-order valence-corrected chi connectivity index (χ2v) is 8.03. The number of carbonyl (C=O) groups is 2. The summed E-state index contributed by atoms with van der Waals surface area (Å²) in [6, 6.07) is 20.5. The van der Waals surface area contributed by atoms with Gasteiger partial charge in [-0.2, -0.15) is 0 Å². The molecule has 1 heterocycles. The van der Waals surface area contributed by atoms with Crippen molar-refractivity contribution in [1.82, 2.24) is 15.1 Å². The first kappa shape index (κ1) is 26.0. The van der Waals surface area contributed by atoms with Crippen molar-refractivity contribution >= 4 is 12.3 Å². The number of nitrogens with one attached hydrogen (secondary N) is 1. The van der Waals surface area contributed by atoms with E-state index >= 15 is 0 Å². The molecule has 1 aliphatic heterocycles. The molecule has 8 heteroatoms. The highest BCUT2D eigenvalue weighted by atomic mass is 19.2. The Hall–Kier alpha value is -3.65. The van der Waals surface area contributed by atoms with Gasteiger partial charge in [0.05, 0.1) is 0 Å². The molecule has 184 valence electrons. The fourth-order valence-electron chi connectivity index (χ4n) is 3.61. The van der Waals surface area contributed by atoms with Gasteiger partial charge in [0.15, 0.2) is 17.5 Å². The molecule has 0 saturated carbocycles. The largest absolute Gasteiger partial charge is 0.342 e. The summed E-state index contributed by atoms with van der Waals surface area (Å²) < 4.78 is 38.9. The molecule has 1 aliphatic rings. The molecule has 3 aromatic carbocycles. The van der Waals surface area contributed by atoms with E-state index < -0.39 is 23.4 Å². The minimum absolute atomic E-state index is 0.240. The minimum Gasteiger partial charge on any atom is -0.342 e. The molecule has 1 N–H and O–H groups in total. The molecule has 2 amide bonds. The van der Waals surface area contributed by atoms with Crippen molar-refractivity contribution in [2.75, 3.05) is 32.7 Å². The predicted octanol–water partition coefficient (Wildman–Crippen LogP) is 4.48. The van der Waals surface area contributed by atoms with Crippen LogP contribution in [0.1, 0.15) is 22.8 Å². The minimum atomic E-state index is -1.60. The molecular formula is C27H28F3N3O2. The Kier molecular flexibility index (Phi) is 9.43. The first-order valence-corrected chi connectivity index (χ1v) is 11.4. The molecule has 0 aliphatic carbocycles. The van der Waals surface area contributed by atoms with E-state index in [2.05, 4.69) is 60.8 Å². The molecule has 0 aromatic heterocycles. The fraction of sp³-hybridized carbons (Fsp3) is 0.259. The van der Waals surface area contributed by atoms with Crippen LogP contribution in [0.2, 0.25) is 0 Å². The van der Waals surface area contributed by atoms with Crippen molar-refractivity contribution in [1.29, 1.82) is 0 Å². The molecule has 1 fully saturated rings. The number of benzene rings is 3. The lowest BCUT2D eigenvalue weighted by Gasteiger charge is -2.32. The third-order valence-electron chi connectivity index (χ3n) is 5.62. The monoisotopic (exact) mass is 483 g/mol. The molecule has 5 nitrogen and oxygen atoms in total. The van der Waals surface area contributed by atoms with E-state index in [0.717, 1.165) is 13.1 Å². The van der Waals surface area contributed by atoms with Gasteiger partial charge in [-0.25, -0.2) is 13.2 Å². The van der Waals surface area contributed by atoms with Crippen LogP contribution in [0, 0.1) is 17.5 Å². The summed E-state index contributed by atoms with van der Waals surface area (Å²) in [5.41, 5.74) is 3.65. The van der Waals surface area contributed by atoms with Gasteiger partial charge in [0.1, 0.15) is 0 Å². The first-order chi connectivity index (χ1) is 16.9. The van der Waals surface area contributed by atoms with E-state index in [1.54, 1.807) is 0 Å². The second kappa shape index (κ2) is 12.7. The SMILES string of the molecule is CCNCc1ccc(-c2ccccc2)cc1.O=CN1CCN(C(=O)c2cc(F)c(F)c(F)c2)CC1. The van der Waals surface area contributed by atoms with Crippen molar-refractivity contribution in [3.63, 3.8) is 0 Å². The van der Waals surface area contributed by atoms with Crippen LogP contribution in [0.25, 0.3) is 11.1 Å². The topological polar surface area (TPSA) is 52.7 Å². The molecule has 0 radical (unpaired) electrons. The van der Waals surface area contributed by atoms with Gasteiger partial charge in [-0.05, 0) is 35.4 Å². The summed E-state index contributed by atoms with van der Waals surface area (Å²) in [5.74, 6) is -4.96. The van der Waals surface area contributed by atoms with Gasteiger partial charge in [0, 0.05) is 38.3 Å². The molecule has 4 rings (SSSR count). The van der Waals surface area contributed by atoms with Crippen LogP contribution in [-0.2, 0) is 11.3 Å². The number of halogens is 3. The van der Waals surface area contributed by atoms with Crippen LogP contribution in [0.4, 0.5) is 13.2 Å². The van der Waals surface area contributed by atoms with E-state index in [1.807, 2.05) is 6.07 Å². The second-order valence-electron chi connectivity index (χ2n) is 8.03. The maximum absolute atomic E-state index is 13.0. The van der Waals surface area contributed by atoms with Crippen LogP contribution >= 0.6 is 0 Å². The highest BCUT2D eigenvalue weighted by molar-refractivity contribution is 5.94. The lowest BCUT2D eigenvalue weighted by atomic mass is 10.0. The molecule has 3 aromatic rings. The number of rotatable bonds is 6. The highest BCUT2D eigenvalue weighted by Crippen LogP contribution is 2.19. The van der Waals surface area contributed by atoms with Crippen molar-refractivity contribution in [3.05, 3.63) is 95.3 Å². The Morgan fingerprint density at radius 3 is 2.00 bits per heavy atom. The summed E-state index contributed by atoms with van der Waals surface area (Å²) in [6.07, 6.45) is 0.680. The Labute approximate surface area is 203 Å². The number of amides is 2. The Balaban J connectivity index is 0.000000198. The summed E-state index contributed by atoms with van der Waals surface area (Å²) >= 11 is 0. The lowest BCUT2D eigenvalue weighted by Crippen LogP contribution is -2.48. The van der Waals surface area contributed by atoms with Crippen molar-refractivity contribution < 1.29 is 22.8 Å². The lowest BCUT2D eigenvalue weighted by molar-refractivity contribution is -0.119. The maximum atomic E-state index is 13.0. The van der Waals surface area contributed by atoms with E-state index in [0.29, 0.717) is 31.6 Å². The van der Waals surface area contributed by atoms with Crippen LogP contribution in [0.15, 0.2) is 66.7 Å². The number of piperazine rings is 1. The molecule has 1 saturated heterocycles. The molecule has 0 bridgehead atoms. The Bertz CT molecular complexity index is 1090. The third-order valence-corrected chi connectivity index (χ3v) is 5.62. The number of nitrogens with zero attached hydrogens (tertiary/aromatic N) is 2. The standard InChI is InChI=1S/C15H17N.C12H11F3N2O2/c1-2-16-12-13-8-10-15(11-9-13)14-6-4-3-5-7-14;13-9-5-8(6-10(14)11(9)15)12(19)17-3-1-16(7-18)2-4-17/h3-11,16H,2,12H2,1H3;5-7H,1-4H2. The van der Waals surface area contributed by atoms with E-state index in [9.17, 15) is 22.8 Å². The number of hydrogen-bond acceptors (Lipinski definition) is 3. The van der Waals surface area contributed by atoms with Gasteiger partial charge >= 0.3 is 0 Å². The van der Waals surface area contributed by atoms with Gasteiger partial charge in [0.2, 0.25) is 6.41 Å². The Morgan fingerprint density at radius 2 is 1.46 bits per heavy atom. The van der Waals surface area contributed by atoms with Gasteiger partial charge < -0.3 is 15.1 Å². The zero-order valence-electron chi connectivity index (χ0n) is 19.5. The molecule has 35 heavy (non-hydrogen) atoms. The zero-order valence-corrected chi connectivity index (χ0v) is 19.5. The number of carbonyl (C=O) groups excluding carboxylic acids is 2. The molecule has 0 spiro atoms. The van der Waals surface area contributed by atoms with E-state index in [-0.39, 0.29) is 18.7 Å². The third kappa shape index (κ3) is 7.16. The van der Waals surface area contributed by atoms with Gasteiger partial charge in [-0.3, -0.25) is 9.59 Å². The molecule has 0 unspecified atom stereocenters. The molecular weight excluding hydrogens is 455 g/mol. The Morgan fingerprint density at radius 1 is 0.886 bits per heavy atom. The van der Waals surface area contributed by atoms with Crippen molar-refractivity contribution in [2.24, 2.45) is 0 Å². The molecule has 0 atom stereocenters. The number of hydrogen-bond donors (Lipinski definition) is 1. The summed E-state index contributed by atoms with van der Waals surface area (Å²) in [4.78, 5) is 25.4. The summed E-state index contributed by atoms with van der Waals surface area (Å²) in [7, 11) is 0. The quantitative estimate of drug-likeness (QED) is 0.416. The summed E-state index contributed by atoms with van der Waals surface area (Å²) in [6.45, 7) is 5.36. The fourth-order valence-corrected chi connectivity index (χ4v) is 3.61. The van der Waals surface area contributed by atoms with E-state index in [1.165, 1.54) is 26.5 Å².